The van der Waals surface area contributed by atoms with E-state index in [1.165, 1.54) is 24.3 Å². The van der Waals surface area contributed by atoms with Gasteiger partial charge in [-0.05, 0) is 42.0 Å². The molecule has 2 heterocycles. The summed E-state index contributed by atoms with van der Waals surface area (Å²) >= 11 is 6.21. The number of halogens is 2. The number of ether oxygens (including phenoxy) is 1. The Hall–Kier alpha value is -3.54. The standard InChI is InChI=1S/C26H25ClFN5O2/c1-35-17-23-22(16-18-3-2-4-20(27)15-18)25(31-24(30-23)9-10-29)32-11-13-33(14-12-32)26(34)19-5-7-21(28)8-6-19/h2-8,15H,9,11-14,16-17H2,1H3. The maximum absolute atomic E-state index is 13.2. The van der Waals surface area contributed by atoms with Crippen molar-refractivity contribution < 1.29 is 13.9 Å². The van der Waals surface area contributed by atoms with Gasteiger partial charge >= 0.3 is 0 Å². The van der Waals surface area contributed by atoms with Crippen LogP contribution in [0.25, 0.3) is 0 Å². The zero-order valence-electron chi connectivity index (χ0n) is 19.4. The predicted molar refractivity (Wildman–Crippen MR) is 131 cm³/mol. The number of hydrogen-bond acceptors (Lipinski definition) is 6. The fourth-order valence-electron chi connectivity index (χ4n) is 4.16. The molecule has 1 fully saturated rings. The van der Waals surface area contributed by atoms with Crippen LogP contribution in [-0.4, -0.2) is 54.1 Å². The molecule has 0 radical (unpaired) electrons. The van der Waals surface area contributed by atoms with Crippen molar-refractivity contribution in [2.45, 2.75) is 19.4 Å². The van der Waals surface area contributed by atoms with Crippen LogP contribution in [0.5, 0.6) is 0 Å². The number of amides is 1. The van der Waals surface area contributed by atoms with E-state index >= 15 is 0 Å². The first-order valence-electron chi connectivity index (χ1n) is 11.3. The maximum Gasteiger partial charge on any atom is 0.253 e. The maximum atomic E-state index is 13.2. The van der Waals surface area contributed by atoms with Crippen molar-refractivity contribution in [2.24, 2.45) is 0 Å². The topological polar surface area (TPSA) is 82.3 Å². The molecule has 9 heteroatoms. The molecule has 35 heavy (non-hydrogen) atoms. The largest absolute Gasteiger partial charge is 0.378 e. The molecule has 4 rings (SSSR count). The first-order valence-corrected chi connectivity index (χ1v) is 11.6. The minimum atomic E-state index is -0.373. The van der Waals surface area contributed by atoms with E-state index in [1.54, 1.807) is 12.0 Å². The normalized spacial score (nSPS) is 13.5. The van der Waals surface area contributed by atoms with Gasteiger partial charge in [-0.1, -0.05) is 23.7 Å². The summed E-state index contributed by atoms with van der Waals surface area (Å²) in [5, 5.41) is 9.89. The zero-order valence-corrected chi connectivity index (χ0v) is 20.1. The molecule has 3 aromatic rings. The van der Waals surface area contributed by atoms with Crippen molar-refractivity contribution >= 4 is 23.3 Å². The molecular formula is C26H25ClFN5O2. The summed E-state index contributed by atoms with van der Waals surface area (Å²) in [7, 11) is 1.61. The van der Waals surface area contributed by atoms with Crippen LogP contribution >= 0.6 is 11.6 Å². The first kappa shape index (κ1) is 24.6. The minimum Gasteiger partial charge on any atom is -0.378 e. The minimum absolute atomic E-state index is 0.0875. The Balaban J connectivity index is 1.61. The Morgan fingerprint density at radius 1 is 1.14 bits per heavy atom. The average molecular weight is 494 g/mol. The summed E-state index contributed by atoms with van der Waals surface area (Å²) in [6.45, 7) is 2.39. The lowest BCUT2D eigenvalue weighted by Gasteiger charge is -2.36. The van der Waals surface area contributed by atoms with E-state index in [0.717, 1.165) is 22.6 Å². The number of benzene rings is 2. The molecule has 0 spiro atoms. The number of hydrogen-bond donors (Lipinski definition) is 0. The van der Waals surface area contributed by atoms with Crippen molar-refractivity contribution in [1.82, 2.24) is 14.9 Å². The Labute approximate surface area is 208 Å². The molecule has 1 aliphatic heterocycles. The SMILES string of the molecule is COCc1nc(CC#N)nc(N2CCN(C(=O)c3ccc(F)cc3)CC2)c1Cc1cccc(Cl)c1. The summed E-state index contributed by atoms with van der Waals surface area (Å²) in [6, 6.07) is 15.3. The highest BCUT2D eigenvalue weighted by Gasteiger charge is 2.26. The van der Waals surface area contributed by atoms with E-state index in [0.29, 0.717) is 49.0 Å². The Morgan fingerprint density at radius 2 is 1.89 bits per heavy atom. The smallest absolute Gasteiger partial charge is 0.253 e. The molecule has 0 atom stereocenters. The second kappa shape index (κ2) is 11.3. The van der Waals surface area contributed by atoms with Gasteiger partial charge in [-0.15, -0.1) is 0 Å². The lowest BCUT2D eigenvalue weighted by Crippen LogP contribution is -2.49. The van der Waals surface area contributed by atoms with Crippen LogP contribution < -0.4 is 4.90 Å². The molecule has 1 saturated heterocycles. The number of aromatic nitrogens is 2. The fraction of sp³-hybridized carbons (Fsp3) is 0.308. The third-order valence-electron chi connectivity index (χ3n) is 5.86. The van der Waals surface area contributed by atoms with Crippen molar-refractivity contribution in [3.63, 3.8) is 0 Å². The van der Waals surface area contributed by atoms with Gasteiger partial charge in [0.1, 0.15) is 17.5 Å². The fourth-order valence-corrected chi connectivity index (χ4v) is 4.38. The van der Waals surface area contributed by atoms with E-state index < -0.39 is 0 Å². The molecule has 0 N–H and O–H groups in total. The van der Waals surface area contributed by atoms with Crippen LogP contribution in [0.1, 0.15) is 33.0 Å². The van der Waals surface area contributed by atoms with Crippen molar-refractivity contribution in [1.29, 1.82) is 5.26 Å². The van der Waals surface area contributed by atoms with E-state index in [9.17, 15) is 14.4 Å². The number of nitrogens with zero attached hydrogens (tertiary/aromatic N) is 5. The van der Waals surface area contributed by atoms with Crippen LogP contribution in [-0.2, 0) is 24.2 Å². The van der Waals surface area contributed by atoms with Gasteiger partial charge in [-0.2, -0.15) is 5.26 Å². The van der Waals surface area contributed by atoms with Crippen molar-refractivity contribution in [2.75, 3.05) is 38.2 Å². The molecule has 1 amide bonds. The summed E-state index contributed by atoms with van der Waals surface area (Å²) in [6.07, 6.45) is 0.639. The molecular weight excluding hydrogens is 469 g/mol. The zero-order chi connectivity index (χ0) is 24.8. The van der Waals surface area contributed by atoms with Gasteiger partial charge in [0.2, 0.25) is 0 Å². The molecule has 7 nitrogen and oxygen atoms in total. The van der Waals surface area contributed by atoms with Crippen LogP contribution in [0, 0.1) is 17.1 Å². The molecule has 1 aliphatic rings. The molecule has 0 bridgehead atoms. The predicted octanol–water partition coefficient (Wildman–Crippen LogP) is 4.03. The van der Waals surface area contributed by atoms with E-state index in [4.69, 9.17) is 21.3 Å². The average Bonchev–Trinajstić information content (AvgIpc) is 2.86. The van der Waals surface area contributed by atoms with Gasteiger partial charge in [0.15, 0.2) is 0 Å². The number of rotatable bonds is 7. The lowest BCUT2D eigenvalue weighted by molar-refractivity contribution is 0.0746. The van der Waals surface area contributed by atoms with Crippen LogP contribution in [0.4, 0.5) is 10.2 Å². The molecule has 0 saturated carbocycles. The first-order chi connectivity index (χ1) is 17.0. The van der Waals surface area contributed by atoms with Crippen LogP contribution in [0.15, 0.2) is 48.5 Å². The molecule has 1 aromatic heterocycles. The van der Waals surface area contributed by atoms with Gasteiger partial charge < -0.3 is 14.5 Å². The Morgan fingerprint density at radius 3 is 2.54 bits per heavy atom. The third kappa shape index (κ3) is 5.94. The number of carbonyl (C=O) groups is 1. The number of carbonyl (C=O) groups excluding carboxylic acids is 1. The van der Waals surface area contributed by atoms with Gasteiger partial charge in [-0.25, -0.2) is 14.4 Å². The van der Waals surface area contributed by atoms with Crippen LogP contribution in [0.3, 0.4) is 0 Å². The van der Waals surface area contributed by atoms with E-state index in [1.807, 2.05) is 24.3 Å². The number of methoxy groups -OCH3 is 1. The second-order valence-electron chi connectivity index (χ2n) is 8.25. The van der Waals surface area contributed by atoms with Crippen LogP contribution in [0.2, 0.25) is 5.02 Å². The number of anilines is 1. The number of piperazine rings is 1. The molecule has 0 aliphatic carbocycles. The molecule has 0 unspecified atom stereocenters. The third-order valence-corrected chi connectivity index (χ3v) is 6.10. The van der Waals surface area contributed by atoms with Gasteiger partial charge in [0.05, 0.1) is 24.8 Å². The quantitative estimate of drug-likeness (QED) is 0.494. The molecule has 180 valence electrons. The van der Waals surface area contributed by atoms with Crippen molar-refractivity contribution in [3.8, 4) is 6.07 Å². The van der Waals surface area contributed by atoms with Gasteiger partial charge in [0.25, 0.3) is 5.91 Å². The summed E-state index contributed by atoms with van der Waals surface area (Å²) < 4.78 is 18.7. The Bertz CT molecular complexity index is 1240. The van der Waals surface area contributed by atoms with E-state index in [2.05, 4.69) is 16.0 Å². The highest BCUT2D eigenvalue weighted by Crippen LogP contribution is 2.27. The highest BCUT2D eigenvalue weighted by atomic mass is 35.5. The Kier molecular flexibility index (Phi) is 7.91. The highest BCUT2D eigenvalue weighted by molar-refractivity contribution is 6.30. The monoisotopic (exact) mass is 493 g/mol. The van der Waals surface area contributed by atoms with Crippen molar-refractivity contribution in [3.05, 3.63) is 87.6 Å². The molecule has 2 aromatic carbocycles. The second-order valence-corrected chi connectivity index (χ2v) is 8.69. The summed E-state index contributed by atoms with van der Waals surface area (Å²) in [4.78, 5) is 26.1. The van der Waals surface area contributed by atoms with Gasteiger partial charge in [0, 0.05) is 55.9 Å². The summed E-state index contributed by atoms with van der Waals surface area (Å²) in [5.41, 5.74) is 3.11. The lowest BCUT2D eigenvalue weighted by atomic mass is 10.0. The number of nitriles is 1. The summed E-state index contributed by atoms with van der Waals surface area (Å²) in [5.74, 6) is 0.680. The van der Waals surface area contributed by atoms with E-state index in [-0.39, 0.29) is 24.8 Å². The van der Waals surface area contributed by atoms with Gasteiger partial charge in [-0.3, -0.25) is 4.79 Å².